The lowest BCUT2D eigenvalue weighted by Crippen LogP contribution is -2.51. The number of phenolic OH excluding ortho intramolecular Hbond substituents is 1. The SMILES string of the molecule is CCN(CCCc1ccccc1)[C@H](C)C(=O)NC(=O)[C@@H](N)Cc1ccc(O)cc1. The Labute approximate surface area is 172 Å². The van der Waals surface area contributed by atoms with Crippen LogP contribution in [0, 0.1) is 0 Å². The number of nitrogens with two attached hydrogens (primary N) is 1. The van der Waals surface area contributed by atoms with Crippen LogP contribution in [-0.2, 0) is 22.4 Å². The minimum Gasteiger partial charge on any atom is -0.508 e. The summed E-state index contributed by atoms with van der Waals surface area (Å²) in [6.07, 6.45) is 2.17. The largest absolute Gasteiger partial charge is 0.508 e. The monoisotopic (exact) mass is 397 g/mol. The summed E-state index contributed by atoms with van der Waals surface area (Å²) in [6, 6.07) is 15.5. The number of aromatic hydroxyl groups is 1. The molecular formula is C23H31N3O3. The number of benzene rings is 2. The average molecular weight is 398 g/mol. The second kappa shape index (κ2) is 11.3. The molecule has 6 nitrogen and oxygen atoms in total. The van der Waals surface area contributed by atoms with Crippen LogP contribution in [-0.4, -0.2) is 47.0 Å². The Balaban J connectivity index is 1.81. The maximum Gasteiger partial charge on any atom is 0.243 e. The molecule has 4 N–H and O–H groups in total. The molecule has 156 valence electrons. The number of carbonyl (C=O) groups is 2. The molecule has 0 heterocycles. The van der Waals surface area contributed by atoms with Gasteiger partial charge in [-0.1, -0.05) is 49.4 Å². The first kappa shape index (κ1) is 22.6. The van der Waals surface area contributed by atoms with Crippen molar-refractivity contribution in [2.24, 2.45) is 5.73 Å². The van der Waals surface area contributed by atoms with Gasteiger partial charge in [-0.05, 0) is 62.5 Å². The van der Waals surface area contributed by atoms with Crippen molar-refractivity contribution in [3.8, 4) is 5.75 Å². The Morgan fingerprint density at radius 3 is 2.31 bits per heavy atom. The van der Waals surface area contributed by atoms with Gasteiger partial charge in [-0.15, -0.1) is 0 Å². The fraction of sp³-hybridized carbons (Fsp3) is 0.391. The van der Waals surface area contributed by atoms with Crippen LogP contribution in [0.3, 0.4) is 0 Å². The third-order valence-corrected chi connectivity index (χ3v) is 5.06. The lowest BCUT2D eigenvalue weighted by atomic mass is 10.1. The van der Waals surface area contributed by atoms with Gasteiger partial charge in [-0.3, -0.25) is 19.8 Å². The number of phenols is 1. The highest BCUT2D eigenvalue weighted by Gasteiger charge is 2.24. The quantitative estimate of drug-likeness (QED) is 0.571. The molecule has 2 aromatic carbocycles. The Hall–Kier alpha value is -2.70. The molecule has 0 aliphatic carbocycles. The molecule has 0 radical (unpaired) electrons. The van der Waals surface area contributed by atoms with Gasteiger partial charge in [0.25, 0.3) is 0 Å². The van der Waals surface area contributed by atoms with E-state index in [-0.39, 0.29) is 11.7 Å². The molecule has 0 aromatic heterocycles. The van der Waals surface area contributed by atoms with Gasteiger partial charge in [0, 0.05) is 0 Å². The van der Waals surface area contributed by atoms with Gasteiger partial charge in [0.15, 0.2) is 0 Å². The number of nitrogens with zero attached hydrogens (tertiary/aromatic N) is 1. The van der Waals surface area contributed by atoms with E-state index in [1.54, 1.807) is 31.2 Å². The Kier molecular flexibility index (Phi) is 8.83. The predicted molar refractivity (Wildman–Crippen MR) is 114 cm³/mol. The molecule has 2 rings (SSSR count). The van der Waals surface area contributed by atoms with Crippen molar-refractivity contribution in [2.75, 3.05) is 13.1 Å². The molecule has 0 fully saturated rings. The van der Waals surface area contributed by atoms with Crippen LogP contribution in [0.2, 0.25) is 0 Å². The molecule has 0 spiro atoms. The fourth-order valence-corrected chi connectivity index (χ4v) is 3.22. The minimum absolute atomic E-state index is 0.155. The summed E-state index contributed by atoms with van der Waals surface area (Å²) in [6.45, 7) is 5.30. The molecule has 0 unspecified atom stereocenters. The highest BCUT2D eigenvalue weighted by molar-refractivity contribution is 5.99. The number of imide groups is 1. The Morgan fingerprint density at radius 2 is 1.69 bits per heavy atom. The standard InChI is InChI=1S/C23H31N3O3/c1-3-26(15-7-10-18-8-5-4-6-9-18)17(2)22(28)25-23(29)21(24)16-19-11-13-20(27)14-12-19/h4-6,8-9,11-14,17,21,27H,3,7,10,15-16,24H2,1-2H3,(H,25,28,29)/t17-,21+/m1/s1. The van der Waals surface area contributed by atoms with E-state index in [4.69, 9.17) is 5.73 Å². The lowest BCUT2D eigenvalue weighted by molar-refractivity contribution is -0.134. The van der Waals surface area contributed by atoms with Gasteiger partial charge in [-0.2, -0.15) is 0 Å². The summed E-state index contributed by atoms with van der Waals surface area (Å²) in [4.78, 5) is 26.9. The zero-order valence-electron chi connectivity index (χ0n) is 17.2. The maximum atomic E-state index is 12.5. The van der Waals surface area contributed by atoms with Gasteiger partial charge in [0.1, 0.15) is 5.75 Å². The summed E-state index contributed by atoms with van der Waals surface area (Å²) in [5.41, 5.74) is 8.04. The molecule has 0 aliphatic rings. The smallest absolute Gasteiger partial charge is 0.243 e. The summed E-state index contributed by atoms with van der Waals surface area (Å²) in [5.74, 6) is -0.671. The number of amides is 2. The molecule has 0 bridgehead atoms. The topological polar surface area (TPSA) is 95.7 Å². The second-order valence-corrected chi connectivity index (χ2v) is 7.22. The van der Waals surface area contributed by atoms with Crippen molar-refractivity contribution in [1.82, 2.24) is 10.2 Å². The molecule has 29 heavy (non-hydrogen) atoms. The minimum atomic E-state index is -0.830. The number of carbonyl (C=O) groups excluding carboxylic acids is 2. The molecule has 6 heteroatoms. The number of aryl methyl sites for hydroxylation is 1. The summed E-state index contributed by atoms with van der Waals surface area (Å²) in [7, 11) is 0. The van der Waals surface area contributed by atoms with Gasteiger partial charge in [-0.25, -0.2) is 0 Å². The van der Waals surface area contributed by atoms with E-state index in [0.29, 0.717) is 6.42 Å². The van der Waals surface area contributed by atoms with Crippen LogP contribution in [0.15, 0.2) is 54.6 Å². The van der Waals surface area contributed by atoms with Crippen molar-refractivity contribution in [2.45, 2.75) is 45.2 Å². The Bertz CT molecular complexity index is 778. The van der Waals surface area contributed by atoms with Crippen LogP contribution in [0.4, 0.5) is 0 Å². The predicted octanol–water partition coefficient (Wildman–Crippen LogP) is 2.25. The molecule has 0 saturated heterocycles. The maximum absolute atomic E-state index is 12.5. The van der Waals surface area contributed by atoms with E-state index >= 15 is 0 Å². The van der Waals surface area contributed by atoms with E-state index in [1.807, 2.05) is 25.1 Å². The van der Waals surface area contributed by atoms with Crippen LogP contribution in [0.5, 0.6) is 5.75 Å². The van der Waals surface area contributed by atoms with Crippen molar-refractivity contribution >= 4 is 11.8 Å². The normalized spacial score (nSPS) is 13.1. The van der Waals surface area contributed by atoms with Crippen molar-refractivity contribution in [1.29, 1.82) is 0 Å². The van der Waals surface area contributed by atoms with Crippen LogP contribution in [0.25, 0.3) is 0 Å². The number of hydrogen-bond donors (Lipinski definition) is 3. The third kappa shape index (κ3) is 7.33. The molecule has 0 saturated carbocycles. The number of nitrogens with one attached hydrogen (secondary N) is 1. The van der Waals surface area contributed by atoms with E-state index in [0.717, 1.165) is 31.5 Å². The first-order valence-electron chi connectivity index (χ1n) is 10.1. The molecule has 2 aromatic rings. The van der Waals surface area contributed by atoms with E-state index < -0.39 is 18.0 Å². The van der Waals surface area contributed by atoms with Crippen LogP contribution in [0.1, 0.15) is 31.4 Å². The van der Waals surface area contributed by atoms with E-state index in [9.17, 15) is 14.7 Å². The Morgan fingerprint density at radius 1 is 1.03 bits per heavy atom. The molecule has 2 atom stereocenters. The summed E-state index contributed by atoms with van der Waals surface area (Å²) >= 11 is 0. The molecule has 2 amide bonds. The number of likely N-dealkylation sites (N-methyl/N-ethyl adjacent to an activating group) is 1. The van der Waals surface area contributed by atoms with E-state index in [2.05, 4.69) is 22.3 Å². The van der Waals surface area contributed by atoms with Gasteiger partial charge in [0.05, 0.1) is 12.1 Å². The molecular weight excluding hydrogens is 366 g/mol. The van der Waals surface area contributed by atoms with E-state index in [1.165, 1.54) is 5.56 Å². The zero-order valence-corrected chi connectivity index (χ0v) is 17.2. The van der Waals surface area contributed by atoms with Crippen LogP contribution < -0.4 is 11.1 Å². The molecule has 0 aliphatic heterocycles. The van der Waals surface area contributed by atoms with Gasteiger partial charge >= 0.3 is 0 Å². The first-order valence-corrected chi connectivity index (χ1v) is 10.1. The first-order chi connectivity index (χ1) is 13.9. The summed E-state index contributed by atoms with van der Waals surface area (Å²) < 4.78 is 0. The van der Waals surface area contributed by atoms with Gasteiger partial charge in [0.2, 0.25) is 11.8 Å². The number of rotatable bonds is 10. The van der Waals surface area contributed by atoms with Gasteiger partial charge < -0.3 is 10.8 Å². The number of hydrogen-bond acceptors (Lipinski definition) is 5. The third-order valence-electron chi connectivity index (χ3n) is 5.06. The van der Waals surface area contributed by atoms with Crippen molar-refractivity contribution in [3.05, 3.63) is 65.7 Å². The van der Waals surface area contributed by atoms with Crippen molar-refractivity contribution in [3.63, 3.8) is 0 Å². The highest BCUT2D eigenvalue weighted by atomic mass is 16.3. The van der Waals surface area contributed by atoms with Crippen molar-refractivity contribution < 1.29 is 14.7 Å². The highest BCUT2D eigenvalue weighted by Crippen LogP contribution is 2.11. The lowest BCUT2D eigenvalue weighted by Gasteiger charge is -2.27. The average Bonchev–Trinajstić information content (AvgIpc) is 2.73. The second-order valence-electron chi connectivity index (χ2n) is 7.22. The fourth-order valence-electron chi connectivity index (χ4n) is 3.22. The summed E-state index contributed by atoms with van der Waals surface area (Å²) in [5, 5.41) is 11.8. The zero-order chi connectivity index (χ0) is 21.2. The van der Waals surface area contributed by atoms with Crippen LogP contribution >= 0.6 is 0 Å².